The van der Waals surface area contributed by atoms with Crippen LogP contribution in [0.15, 0.2) is 18.2 Å². The van der Waals surface area contributed by atoms with Crippen molar-refractivity contribution < 1.29 is 14.3 Å². The number of amides is 2. The van der Waals surface area contributed by atoms with Gasteiger partial charge < -0.3 is 15.0 Å². The molecule has 2 amide bonds. The molecule has 0 saturated carbocycles. The molecule has 2 aliphatic rings. The highest BCUT2D eigenvalue weighted by Crippen LogP contribution is 2.17. The molecular weight excluding hydrogens is 306 g/mol. The van der Waals surface area contributed by atoms with Crippen LogP contribution in [0.3, 0.4) is 0 Å². The third-order valence-electron chi connectivity index (χ3n) is 4.66. The maximum Gasteiger partial charge on any atom is 0.272 e. The lowest BCUT2D eigenvalue weighted by Gasteiger charge is -2.30. The van der Waals surface area contributed by atoms with Crippen LogP contribution in [0.25, 0.3) is 0 Å². The quantitative estimate of drug-likeness (QED) is 0.914. The van der Waals surface area contributed by atoms with Crippen molar-refractivity contribution in [2.24, 2.45) is 5.92 Å². The van der Waals surface area contributed by atoms with Crippen molar-refractivity contribution in [1.82, 2.24) is 15.2 Å². The smallest absolute Gasteiger partial charge is 0.272 e. The molecule has 1 aromatic rings. The zero-order valence-electron chi connectivity index (χ0n) is 14.2. The van der Waals surface area contributed by atoms with Crippen molar-refractivity contribution in [1.29, 1.82) is 0 Å². The van der Waals surface area contributed by atoms with E-state index in [2.05, 4.69) is 17.2 Å². The van der Waals surface area contributed by atoms with Crippen LogP contribution in [0.1, 0.15) is 53.6 Å². The Balaban J connectivity index is 1.62. The average molecular weight is 331 g/mol. The topological polar surface area (TPSA) is 71.5 Å². The molecule has 2 atom stereocenters. The van der Waals surface area contributed by atoms with Gasteiger partial charge in [-0.3, -0.25) is 9.59 Å². The predicted octanol–water partition coefficient (Wildman–Crippen LogP) is 1.86. The van der Waals surface area contributed by atoms with Crippen LogP contribution in [-0.2, 0) is 4.74 Å². The highest BCUT2D eigenvalue weighted by Gasteiger charge is 2.24. The van der Waals surface area contributed by atoms with E-state index in [1.807, 2.05) is 4.90 Å². The van der Waals surface area contributed by atoms with E-state index < -0.39 is 0 Å². The summed E-state index contributed by atoms with van der Waals surface area (Å²) >= 11 is 0. The summed E-state index contributed by atoms with van der Waals surface area (Å²) in [5.41, 5.74) is 0.623. The van der Waals surface area contributed by atoms with Gasteiger partial charge in [0, 0.05) is 26.2 Å². The van der Waals surface area contributed by atoms with E-state index in [0.717, 1.165) is 45.4 Å². The summed E-state index contributed by atoms with van der Waals surface area (Å²) in [6, 6.07) is 5.04. The van der Waals surface area contributed by atoms with Gasteiger partial charge in [-0.15, -0.1) is 0 Å². The number of piperidine rings is 1. The second-order valence-electron chi connectivity index (χ2n) is 6.75. The first kappa shape index (κ1) is 16.9. The molecule has 0 bridgehead atoms. The molecule has 1 N–H and O–H groups in total. The fourth-order valence-electron chi connectivity index (χ4n) is 3.32. The van der Waals surface area contributed by atoms with Gasteiger partial charge in [0.2, 0.25) is 0 Å². The zero-order chi connectivity index (χ0) is 16.9. The van der Waals surface area contributed by atoms with Gasteiger partial charge in [-0.05, 0) is 43.7 Å². The Hall–Kier alpha value is -1.95. The zero-order valence-corrected chi connectivity index (χ0v) is 14.2. The Morgan fingerprint density at radius 2 is 2.12 bits per heavy atom. The summed E-state index contributed by atoms with van der Waals surface area (Å²) < 4.78 is 5.49. The molecule has 24 heavy (non-hydrogen) atoms. The molecule has 1 aromatic heterocycles. The molecule has 130 valence electrons. The number of likely N-dealkylation sites (tertiary alicyclic amines) is 1. The first-order chi connectivity index (χ1) is 11.6. The van der Waals surface area contributed by atoms with Gasteiger partial charge in [0.05, 0.1) is 6.10 Å². The Bertz CT molecular complexity index is 599. The number of pyridine rings is 1. The lowest BCUT2D eigenvalue weighted by molar-refractivity contribution is 0.0676. The SMILES string of the molecule is CC1CCCN(C(=O)c2cccc(C(=O)NCC3CCCO3)n2)C1. The molecule has 0 spiro atoms. The number of nitrogens with one attached hydrogen (secondary N) is 1. The number of aromatic nitrogens is 1. The fourth-order valence-corrected chi connectivity index (χ4v) is 3.32. The summed E-state index contributed by atoms with van der Waals surface area (Å²) in [5, 5.41) is 2.84. The molecule has 2 saturated heterocycles. The monoisotopic (exact) mass is 331 g/mol. The first-order valence-electron chi connectivity index (χ1n) is 8.79. The van der Waals surface area contributed by atoms with E-state index in [0.29, 0.717) is 18.2 Å². The molecule has 2 aliphatic heterocycles. The fraction of sp³-hybridized carbons (Fsp3) is 0.611. The van der Waals surface area contributed by atoms with E-state index in [9.17, 15) is 9.59 Å². The van der Waals surface area contributed by atoms with Crippen LogP contribution in [0, 0.1) is 5.92 Å². The second kappa shape index (κ2) is 7.75. The van der Waals surface area contributed by atoms with Crippen molar-refractivity contribution in [3.05, 3.63) is 29.6 Å². The van der Waals surface area contributed by atoms with E-state index in [1.54, 1.807) is 18.2 Å². The van der Waals surface area contributed by atoms with Crippen LogP contribution in [0.5, 0.6) is 0 Å². The molecular formula is C18H25N3O3. The Labute approximate surface area is 142 Å². The predicted molar refractivity (Wildman–Crippen MR) is 89.8 cm³/mol. The van der Waals surface area contributed by atoms with E-state index in [-0.39, 0.29) is 23.6 Å². The summed E-state index contributed by atoms with van der Waals surface area (Å²) in [7, 11) is 0. The third kappa shape index (κ3) is 4.12. The Kier molecular flexibility index (Phi) is 5.45. The van der Waals surface area contributed by atoms with Crippen LogP contribution in [-0.4, -0.2) is 54.0 Å². The lowest BCUT2D eigenvalue weighted by Crippen LogP contribution is -2.39. The maximum atomic E-state index is 12.6. The molecule has 3 rings (SSSR count). The van der Waals surface area contributed by atoms with E-state index in [1.165, 1.54) is 0 Å². The van der Waals surface area contributed by atoms with Gasteiger partial charge in [-0.2, -0.15) is 0 Å². The summed E-state index contributed by atoms with van der Waals surface area (Å²) in [4.78, 5) is 31.0. The number of ether oxygens (including phenoxy) is 1. The number of carbonyl (C=O) groups excluding carboxylic acids is 2. The number of nitrogens with zero attached hydrogens (tertiary/aromatic N) is 2. The van der Waals surface area contributed by atoms with E-state index in [4.69, 9.17) is 4.74 Å². The third-order valence-corrected chi connectivity index (χ3v) is 4.66. The minimum Gasteiger partial charge on any atom is -0.376 e. The molecule has 0 aromatic carbocycles. The van der Waals surface area contributed by atoms with E-state index >= 15 is 0 Å². The molecule has 2 unspecified atom stereocenters. The second-order valence-corrected chi connectivity index (χ2v) is 6.75. The number of carbonyl (C=O) groups is 2. The number of rotatable bonds is 4. The van der Waals surface area contributed by atoms with Crippen molar-refractivity contribution >= 4 is 11.8 Å². The highest BCUT2D eigenvalue weighted by molar-refractivity contribution is 5.96. The minimum atomic E-state index is -0.257. The van der Waals surface area contributed by atoms with Crippen LogP contribution < -0.4 is 5.32 Å². The van der Waals surface area contributed by atoms with Crippen molar-refractivity contribution in [2.75, 3.05) is 26.2 Å². The van der Waals surface area contributed by atoms with Crippen LogP contribution in [0.2, 0.25) is 0 Å². The lowest BCUT2D eigenvalue weighted by atomic mass is 10.00. The summed E-state index contributed by atoms with van der Waals surface area (Å²) in [5.74, 6) is 0.170. The largest absolute Gasteiger partial charge is 0.376 e. The normalized spacial score (nSPS) is 24.0. The molecule has 0 radical (unpaired) electrons. The standard InChI is InChI=1S/C18H25N3O3/c1-13-5-3-9-21(12-13)18(23)16-8-2-7-15(20-16)17(22)19-11-14-6-4-10-24-14/h2,7-8,13-14H,3-6,9-12H2,1H3,(H,19,22). The van der Waals surface area contributed by atoms with Crippen LogP contribution >= 0.6 is 0 Å². The van der Waals surface area contributed by atoms with Gasteiger partial charge >= 0.3 is 0 Å². The molecule has 6 nitrogen and oxygen atoms in total. The average Bonchev–Trinajstić information content (AvgIpc) is 3.12. The van der Waals surface area contributed by atoms with Gasteiger partial charge in [-0.25, -0.2) is 4.98 Å². The minimum absolute atomic E-state index is 0.0877. The number of hydrogen-bond acceptors (Lipinski definition) is 4. The molecule has 2 fully saturated rings. The first-order valence-corrected chi connectivity index (χ1v) is 8.79. The highest BCUT2D eigenvalue weighted by atomic mass is 16.5. The van der Waals surface area contributed by atoms with Gasteiger partial charge in [0.15, 0.2) is 0 Å². The summed E-state index contributed by atoms with van der Waals surface area (Å²) in [6.07, 6.45) is 4.28. The van der Waals surface area contributed by atoms with Crippen molar-refractivity contribution in [3.63, 3.8) is 0 Å². The van der Waals surface area contributed by atoms with Crippen molar-refractivity contribution in [2.45, 2.75) is 38.7 Å². The summed E-state index contributed by atoms with van der Waals surface area (Å²) in [6.45, 7) is 4.93. The maximum absolute atomic E-state index is 12.6. The molecule has 6 heteroatoms. The number of hydrogen-bond donors (Lipinski definition) is 1. The van der Waals surface area contributed by atoms with Gasteiger partial charge in [-0.1, -0.05) is 13.0 Å². The molecule has 3 heterocycles. The Morgan fingerprint density at radius 1 is 1.29 bits per heavy atom. The van der Waals surface area contributed by atoms with Gasteiger partial charge in [0.1, 0.15) is 11.4 Å². The van der Waals surface area contributed by atoms with Crippen molar-refractivity contribution in [3.8, 4) is 0 Å². The van der Waals surface area contributed by atoms with Crippen LogP contribution in [0.4, 0.5) is 0 Å². The Morgan fingerprint density at radius 3 is 2.88 bits per heavy atom. The molecule has 0 aliphatic carbocycles. The van der Waals surface area contributed by atoms with Gasteiger partial charge in [0.25, 0.3) is 11.8 Å².